The largest absolute Gasteiger partial charge is 0.351 e. The lowest BCUT2D eigenvalue weighted by Gasteiger charge is -2.21. The second kappa shape index (κ2) is 7.68. The molecular formula is C29H23N5O2. The Morgan fingerprint density at radius 1 is 0.972 bits per heavy atom. The fourth-order valence-corrected chi connectivity index (χ4v) is 5.53. The maximum absolute atomic E-state index is 13.3. The van der Waals surface area contributed by atoms with E-state index in [2.05, 4.69) is 16.0 Å². The molecular weight excluding hydrogens is 450 g/mol. The summed E-state index contributed by atoms with van der Waals surface area (Å²) in [5, 5.41) is 5.84. The number of carbonyl (C=O) groups excluding carboxylic acids is 1. The molecule has 0 saturated carbocycles. The number of anilines is 1. The van der Waals surface area contributed by atoms with E-state index in [1.54, 1.807) is 4.57 Å². The molecule has 0 unspecified atom stereocenters. The first-order valence-electron chi connectivity index (χ1n) is 12.0. The van der Waals surface area contributed by atoms with Gasteiger partial charge in [0.15, 0.2) is 5.82 Å². The van der Waals surface area contributed by atoms with Gasteiger partial charge >= 0.3 is 0 Å². The monoisotopic (exact) mass is 473 g/mol. The Labute approximate surface area is 206 Å². The van der Waals surface area contributed by atoms with Crippen molar-refractivity contribution in [1.82, 2.24) is 18.7 Å². The second-order valence-corrected chi connectivity index (χ2v) is 9.34. The highest BCUT2D eigenvalue weighted by Gasteiger charge is 2.28. The van der Waals surface area contributed by atoms with Crippen LogP contribution in [-0.4, -0.2) is 24.6 Å². The Kier molecular flexibility index (Phi) is 4.42. The van der Waals surface area contributed by atoms with E-state index in [9.17, 15) is 9.59 Å². The van der Waals surface area contributed by atoms with Crippen LogP contribution in [0.2, 0.25) is 0 Å². The summed E-state index contributed by atoms with van der Waals surface area (Å²) in [5.41, 5.74) is 5.43. The molecule has 0 radical (unpaired) electrons. The molecule has 1 N–H and O–H groups in total. The number of carbonyl (C=O) groups is 1. The first-order valence-corrected chi connectivity index (χ1v) is 12.0. The molecule has 7 rings (SSSR count). The van der Waals surface area contributed by atoms with Crippen LogP contribution in [-0.2, 0) is 31.4 Å². The van der Waals surface area contributed by atoms with Gasteiger partial charge in [0.05, 0.1) is 16.6 Å². The Morgan fingerprint density at radius 3 is 2.67 bits per heavy atom. The van der Waals surface area contributed by atoms with E-state index in [4.69, 9.17) is 4.98 Å². The van der Waals surface area contributed by atoms with Crippen molar-refractivity contribution in [2.75, 3.05) is 5.32 Å². The fraction of sp³-hybridized carbons (Fsp3) is 0.138. The number of amides is 1. The normalized spacial score (nSPS) is 12.7. The molecule has 1 amide bonds. The van der Waals surface area contributed by atoms with Gasteiger partial charge in [-0.05, 0) is 54.4 Å². The Bertz CT molecular complexity index is 1910. The number of aryl methyl sites for hydroxylation is 2. The minimum Gasteiger partial charge on any atom is -0.351 e. The molecule has 0 bridgehead atoms. The number of nitrogens with zero attached hydrogens (tertiary/aromatic N) is 4. The van der Waals surface area contributed by atoms with E-state index in [1.807, 2.05) is 84.5 Å². The van der Waals surface area contributed by atoms with Crippen molar-refractivity contribution in [2.24, 2.45) is 7.05 Å². The summed E-state index contributed by atoms with van der Waals surface area (Å²) in [6.45, 7) is 0.682. The van der Waals surface area contributed by atoms with Gasteiger partial charge in [0, 0.05) is 47.3 Å². The molecule has 0 fully saturated rings. The number of para-hydroxylation sites is 2. The maximum atomic E-state index is 13.3. The van der Waals surface area contributed by atoms with Gasteiger partial charge in [-0.2, -0.15) is 0 Å². The minimum atomic E-state index is -0.130. The van der Waals surface area contributed by atoms with Gasteiger partial charge in [-0.25, -0.2) is 4.98 Å². The number of fused-ring (bicyclic) bond motifs is 7. The van der Waals surface area contributed by atoms with Gasteiger partial charge < -0.3 is 14.5 Å². The van der Waals surface area contributed by atoms with Crippen LogP contribution >= 0.6 is 0 Å². The summed E-state index contributed by atoms with van der Waals surface area (Å²) in [5.74, 6) is 0.490. The van der Waals surface area contributed by atoms with Crippen molar-refractivity contribution in [3.8, 4) is 11.5 Å². The summed E-state index contributed by atoms with van der Waals surface area (Å²) in [4.78, 5) is 31.5. The molecule has 4 heterocycles. The van der Waals surface area contributed by atoms with Gasteiger partial charge in [-0.15, -0.1) is 0 Å². The predicted molar refractivity (Wildman–Crippen MR) is 142 cm³/mol. The van der Waals surface area contributed by atoms with Crippen molar-refractivity contribution in [3.05, 3.63) is 94.9 Å². The Balaban J connectivity index is 1.35. The molecule has 1 aliphatic rings. The number of aromatic nitrogens is 4. The summed E-state index contributed by atoms with van der Waals surface area (Å²) in [6.07, 6.45) is 2.71. The highest BCUT2D eigenvalue weighted by Crippen LogP contribution is 2.36. The highest BCUT2D eigenvalue weighted by atomic mass is 16.2. The standard InChI is InChI=1S/C29H23N5O2/c1-32-14-12-18-16-19(10-11-24(18)32)30-26(35)17-34-25-9-5-3-6-20(25)21-13-15-33-28(27(21)34)31-23-8-4-2-7-22(23)29(33)36/h2-12,14,16H,13,15,17H2,1H3,(H,30,35). The number of hydrogen-bond donors (Lipinski definition) is 1. The highest BCUT2D eigenvalue weighted by molar-refractivity contribution is 5.97. The SMILES string of the molecule is Cn1ccc2cc(NC(=O)Cn3c4c(c5ccccc53)CCn3c-4nc4ccccc4c3=O)ccc21. The number of benzene rings is 3. The summed E-state index contributed by atoms with van der Waals surface area (Å²) in [6, 6.07) is 23.5. The van der Waals surface area contributed by atoms with Gasteiger partial charge in [-0.3, -0.25) is 14.2 Å². The molecule has 0 spiro atoms. The summed E-state index contributed by atoms with van der Waals surface area (Å²) < 4.78 is 5.81. The average Bonchev–Trinajstić information content (AvgIpc) is 3.42. The van der Waals surface area contributed by atoms with E-state index < -0.39 is 0 Å². The van der Waals surface area contributed by atoms with Gasteiger partial charge in [0.2, 0.25) is 5.91 Å². The number of rotatable bonds is 3. The summed E-state index contributed by atoms with van der Waals surface area (Å²) in [7, 11) is 2.00. The van der Waals surface area contributed by atoms with Crippen LogP contribution in [0.5, 0.6) is 0 Å². The van der Waals surface area contributed by atoms with Gasteiger partial charge in [-0.1, -0.05) is 30.3 Å². The van der Waals surface area contributed by atoms with Crippen molar-refractivity contribution in [1.29, 1.82) is 0 Å². The van der Waals surface area contributed by atoms with E-state index in [1.165, 1.54) is 0 Å². The number of hydrogen-bond acceptors (Lipinski definition) is 3. The lowest BCUT2D eigenvalue weighted by molar-refractivity contribution is -0.116. The van der Waals surface area contributed by atoms with Gasteiger partial charge in [0.1, 0.15) is 6.54 Å². The molecule has 0 aliphatic carbocycles. The molecule has 7 nitrogen and oxygen atoms in total. The lowest BCUT2D eigenvalue weighted by Crippen LogP contribution is -2.29. The maximum Gasteiger partial charge on any atom is 0.261 e. The van der Waals surface area contributed by atoms with E-state index in [-0.39, 0.29) is 18.0 Å². The van der Waals surface area contributed by atoms with Crippen LogP contribution in [0, 0.1) is 0 Å². The molecule has 0 saturated heterocycles. The molecule has 1 aliphatic heterocycles. The van der Waals surface area contributed by atoms with Crippen LogP contribution in [0.25, 0.3) is 44.2 Å². The van der Waals surface area contributed by atoms with Crippen molar-refractivity contribution < 1.29 is 4.79 Å². The van der Waals surface area contributed by atoms with Crippen molar-refractivity contribution in [3.63, 3.8) is 0 Å². The first-order chi connectivity index (χ1) is 17.6. The van der Waals surface area contributed by atoms with Crippen LogP contribution in [0.3, 0.4) is 0 Å². The fourth-order valence-electron chi connectivity index (χ4n) is 5.53. The third-order valence-electron chi connectivity index (χ3n) is 7.21. The van der Waals surface area contributed by atoms with Crippen molar-refractivity contribution >= 4 is 44.3 Å². The molecule has 176 valence electrons. The van der Waals surface area contributed by atoms with E-state index >= 15 is 0 Å². The van der Waals surface area contributed by atoms with E-state index in [0.29, 0.717) is 29.7 Å². The van der Waals surface area contributed by atoms with Crippen molar-refractivity contribution in [2.45, 2.75) is 19.5 Å². The number of nitrogens with one attached hydrogen (secondary N) is 1. The summed E-state index contributed by atoms with van der Waals surface area (Å²) >= 11 is 0. The molecule has 36 heavy (non-hydrogen) atoms. The molecule has 3 aromatic carbocycles. The minimum absolute atomic E-state index is 0.0429. The second-order valence-electron chi connectivity index (χ2n) is 9.34. The molecule has 7 heteroatoms. The average molecular weight is 474 g/mol. The zero-order chi connectivity index (χ0) is 24.4. The molecule has 3 aromatic heterocycles. The van der Waals surface area contributed by atoms with Crippen LogP contribution in [0.4, 0.5) is 5.69 Å². The van der Waals surface area contributed by atoms with Gasteiger partial charge in [0.25, 0.3) is 5.56 Å². The molecule has 6 aromatic rings. The van der Waals surface area contributed by atoms with E-state index in [0.717, 1.165) is 38.8 Å². The quantitative estimate of drug-likeness (QED) is 0.405. The van der Waals surface area contributed by atoms with Crippen LogP contribution < -0.4 is 10.9 Å². The smallest absolute Gasteiger partial charge is 0.261 e. The zero-order valence-electron chi connectivity index (χ0n) is 19.7. The Morgan fingerprint density at radius 2 is 1.78 bits per heavy atom. The third kappa shape index (κ3) is 3.02. The first kappa shape index (κ1) is 20.7. The lowest BCUT2D eigenvalue weighted by atomic mass is 10.0. The topological polar surface area (TPSA) is 73.8 Å². The third-order valence-corrected chi connectivity index (χ3v) is 7.21. The van der Waals surface area contributed by atoms with Crippen LogP contribution in [0.15, 0.2) is 83.8 Å². The molecule has 0 atom stereocenters. The van der Waals surface area contributed by atoms with Crippen LogP contribution in [0.1, 0.15) is 5.56 Å². The predicted octanol–water partition coefficient (Wildman–Crippen LogP) is 4.70. The zero-order valence-corrected chi connectivity index (χ0v) is 19.7. The Hall–Kier alpha value is -4.65.